The van der Waals surface area contributed by atoms with Gasteiger partial charge in [0, 0.05) is 31.7 Å². The highest BCUT2D eigenvalue weighted by Crippen LogP contribution is 2.42. The molecule has 6 nitrogen and oxygen atoms in total. The van der Waals surface area contributed by atoms with Gasteiger partial charge in [0.05, 0.1) is 26.9 Å². The molecule has 0 aromatic heterocycles. The van der Waals surface area contributed by atoms with Gasteiger partial charge in [0.15, 0.2) is 23.0 Å². The summed E-state index contributed by atoms with van der Waals surface area (Å²) in [7, 11) is 3.37. The number of hydrogen-bond donors (Lipinski definition) is 1. The van der Waals surface area contributed by atoms with Crippen molar-refractivity contribution in [2.45, 2.75) is 19.6 Å². The highest BCUT2D eigenvalue weighted by molar-refractivity contribution is 5.53. The summed E-state index contributed by atoms with van der Waals surface area (Å²) in [5, 5.41) is 3.45. The van der Waals surface area contributed by atoms with Gasteiger partial charge in [-0.15, -0.1) is 0 Å². The van der Waals surface area contributed by atoms with E-state index in [1.807, 2.05) is 43.3 Å². The third-order valence-corrected chi connectivity index (χ3v) is 6.07. The highest BCUT2D eigenvalue weighted by Gasteiger charge is 2.28. The zero-order valence-electron chi connectivity index (χ0n) is 20.3. The number of piperazine rings is 1. The molecule has 0 aliphatic carbocycles. The van der Waals surface area contributed by atoms with Gasteiger partial charge in [-0.1, -0.05) is 48.5 Å². The average Bonchev–Trinajstić information content (AvgIpc) is 2.89. The Hall–Kier alpha value is -3.22. The minimum Gasteiger partial charge on any atom is -0.493 e. The second kappa shape index (κ2) is 11.8. The van der Waals surface area contributed by atoms with Crippen molar-refractivity contribution in [1.29, 1.82) is 0 Å². The van der Waals surface area contributed by atoms with Gasteiger partial charge < -0.3 is 24.3 Å². The maximum Gasteiger partial charge on any atom is 0.165 e. The summed E-state index contributed by atoms with van der Waals surface area (Å²) >= 11 is 0. The van der Waals surface area contributed by atoms with Crippen LogP contribution in [0.4, 0.5) is 0 Å². The third kappa shape index (κ3) is 5.46. The molecule has 0 spiro atoms. The molecule has 34 heavy (non-hydrogen) atoms. The quantitative estimate of drug-likeness (QED) is 0.472. The van der Waals surface area contributed by atoms with Crippen LogP contribution in [0.5, 0.6) is 23.0 Å². The van der Waals surface area contributed by atoms with E-state index >= 15 is 0 Å². The summed E-state index contributed by atoms with van der Waals surface area (Å²) in [5.74, 6) is 2.98. The number of para-hydroxylation sites is 1. The number of benzene rings is 3. The third-order valence-electron chi connectivity index (χ3n) is 6.07. The summed E-state index contributed by atoms with van der Waals surface area (Å²) in [6.45, 7) is 6.80. The molecule has 1 atom stereocenters. The van der Waals surface area contributed by atoms with Crippen LogP contribution >= 0.6 is 0 Å². The van der Waals surface area contributed by atoms with Gasteiger partial charge in [0.25, 0.3) is 0 Å². The van der Waals surface area contributed by atoms with Gasteiger partial charge in [-0.05, 0) is 36.2 Å². The lowest BCUT2D eigenvalue weighted by Crippen LogP contribution is -2.45. The zero-order chi connectivity index (χ0) is 23.8. The molecule has 1 unspecified atom stereocenters. The smallest absolute Gasteiger partial charge is 0.165 e. The Morgan fingerprint density at radius 1 is 0.824 bits per heavy atom. The topological polar surface area (TPSA) is 52.2 Å². The Bertz CT molecular complexity index is 1050. The van der Waals surface area contributed by atoms with Gasteiger partial charge in [-0.2, -0.15) is 0 Å². The van der Waals surface area contributed by atoms with E-state index in [0.29, 0.717) is 13.2 Å². The Morgan fingerprint density at radius 2 is 1.62 bits per heavy atom. The van der Waals surface area contributed by atoms with E-state index in [0.717, 1.165) is 65.9 Å². The molecule has 1 saturated heterocycles. The van der Waals surface area contributed by atoms with E-state index in [9.17, 15) is 0 Å². The number of ether oxygens (including phenoxy) is 4. The average molecular weight is 463 g/mol. The zero-order valence-corrected chi connectivity index (χ0v) is 20.3. The number of hydrogen-bond acceptors (Lipinski definition) is 6. The van der Waals surface area contributed by atoms with E-state index in [2.05, 4.69) is 40.5 Å². The van der Waals surface area contributed by atoms with Gasteiger partial charge in [-0.3, -0.25) is 4.90 Å². The number of rotatable bonds is 10. The van der Waals surface area contributed by atoms with Gasteiger partial charge >= 0.3 is 0 Å². The van der Waals surface area contributed by atoms with Crippen LogP contribution in [-0.2, 0) is 6.61 Å². The lowest BCUT2D eigenvalue weighted by atomic mass is 9.94. The van der Waals surface area contributed by atoms with Gasteiger partial charge in [0.2, 0.25) is 0 Å². The summed E-state index contributed by atoms with van der Waals surface area (Å²) in [6.07, 6.45) is 0. The number of nitrogens with one attached hydrogen (secondary N) is 1. The van der Waals surface area contributed by atoms with Gasteiger partial charge in [-0.25, -0.2) is 0 Å². The molecule has 180 valence electrons. The fraction of sp³-hybridized carbons (Fsp3) is 0.357. The van der Waals surface area contributed by atoms with Crippen molar-refractivity contribution in [3.8, 4) is 23.0 Å². The van der Waals surface area contributed by atoms with Crippen LogP contribution in [0, 0.1) is 0 Å². The molecule has 0 saturated carbocycles. The Balaban J connectivity index is 1.72. The lowest BCUT2D eigenvalue weighted by Gasteiger charge is -2.36. The molecular weight excluding hydrogens is 428 g/mol. The van der Waals surface area contributed by atoms with Crippen molar-refractivity contribution in [1.82, 2.24) is 10.2 Å². The maximum atomic E-state index is 6.15. The van der Waals surface area contributed by atoms with Crippen LogP contribution in [0.25, 0.3) is 0 Å². The molecule has 0 radical (unpaired) electrons. The molecule has 1 heterocycles. The first-order valence-electron chi connectivity index (χ1n) is 11.8. The summed E-state index contributed by atoms with van der Waals surface area (Å²) in [6, 6.07) is 22.5. The largest absolute Gasteiger partial charge is 0.493 e. The molecule has 0 amide bonds. The van der Waals surface area contributed by atoms with E-state index in [-0.39, 0.29) is 6.04 Å². The molecule has 1 fully saturated rings. The Kier molecular flexibility index (Phi) is 8.28. The molecule has 4 rings (SSSR count). The molecule has 1 aliphatic heterocycles. The normalized spacial score (nSPS) is 14.9. The van der Waals surface area contributed by atoms with E-state index in [1.165, 1.54) is 0 Å². The van der Waals surface area contributed by atoms with Crippen LogP contribution in [0.2, 0.25) is 0 Å². The van der Waals surface area contributed by atoms with Crippen molar-refractivity contribution in [3.05, 3.63) is 83.4 Å². The Morgan fingerprint density at radius 3 is 2.32 bits per heavy atom. The Labute approximate surface area is 202 Å². The number of methoxy groups -OCH3 is 2. The first-order valence-corrected chi connectivity index (χ1v) is 11.8. The van der Waals surface area contributed by atoms with Crippen LogP contribution < -0.4 is 24.3 Å². The SMILES string of the molecule is CCOc1cc(C(c2cccc(OC)c2OC)N2CCNCC2)ccc1OCc1ccccc1. The van der Waals surface area contributed by atoms with Crippen LogP contribution in [-0.4, -0.2) is 51.9 Å². The van der Waals surface area contributed by atoms with Crippen molar-refractivity contribution in [2.24, 2.45) is 0 Å². The summed E-state index contributed by atoms with van der Waals surface area (Å²) in [5.41, 5.74) is 3.32. The van der Waals surface area contributed by atoms with Gasteiger partial charge in [0.1, 0.15) is 6.61 Å². The molecular formula is C28H34N2O4. The van der Waals surface area contributed by atoms with Crippen molar-refractivity contribution < 1.29 is 18.9 Å². The predicted octanol–water partition coefficient (Wildman–Crippen LogP) is 4.68. The second-order valence-electron chi connectivity index (χ2n) is 8.18. The van der Waals surface area contributed by atoms with Crippen LogP contribution in [0.1, 0.15) is 29.7 Å². The lowest BCUT2D eigenvalue weighted by molar-refractivity contribution is 0.194. The maximum absolute atomic E-state index is 6.15. The molecule has 1 aliphatic rings. The minimum absolute atomic E-state index is 0.00507. The fourth-order valence-electron chi connectivity index (χ4n) is 4.47. The summed E-state index contributed by atoms with van der Waals surface area (Å²) < 4.78 is 23.6. The molecule has 1 N–H and O–H groups in total. The van der Waals surface area contributed by atoms with E-state index in [4.69, 9.17) is 18.9 Å². The van der Waals surface area contributed by atoms with E-state index < -0.39 is 0 Å². The van der Waals surface area contributed by atoms with Crippen molar-refractivity contribution in [3.63, 3.8) is 0 Å². The standard InChI is InChI=1S/C28H34N2O4/c1-4-33-26-19-22(13-14-24(26)34-20-21-9-6-5-7-10-21)27(30-17-15-29-16-18-30)23-11-8-12-25(31-2)28(23)32-3/h5-14,19,27,29H,4,15-18,20H2,1-3H3. The minimum atomic E-state index is -0.00507. The first-order chi connectivity index (χ1) is 16.7. The van der Waals surface area contributed by atoms with Crippen molar-refractivity contribution >= 4 is 0 Å². The van der Waals surface area contributed by atoms with Crippen LogP contribution in [0.15, 0.2) is 66.7 Å². The monoisotopic (exact) mass is 462 g/mol. The van der Waals surface area contributed by atoms with Crippen LogP contribution in [0.3, 0.4) is 0 Å². The highest BCUT2D eigenvalue weighted by atomic mass is 16.5. The molecule has 3 aromatic rings. The molecule has 3 aromatic carbocycles. The fourth-order valence-corrected chi connectivity index (χ4v) is 4.47. The summed E-state index contributed by atoms with van der Waals surface area (Å²) in [4.78, 5) is 2.48. The second-order valence-corrected chi connectivity index (χ2v) is 8.18. The predicted molar refractivity (Wildman–Crippen MR) is 134 cm³/mol. The first kappa shape index (κ1) is 23.9. The molecule has 0 bridgehead atoms. The number of nitrogens with zero attached hydrogens (tertiary/aromatic N) is 1. The van der Waals surface area contributed by atoms with Crippen molar-refractivity contribution in [2.75, 3.05) is 47.0 Å². The molecule has 6 heteroatoms. The van der Waals surface area contributed by atoms with E-state index in [1.54, 1.807) is 14.2 Å².